The zero-order valence-electron chi connectivity index (χ0n) is 17.8. The van der Waals surface area contributed by atoms with Crippen LogP contribution in [0.1, 0.15) is 31.2 Å². The summed E-state index contributed by atoms with van der Waals surface area (Å²) in [6, 6.07) is 3.26. The molecule has 4 aliphatic rings. The minimum absolute atomic E-state index is 0.102. The Kier molecular flexibility index (Phi) is 4.95. The number of hydrogen-bond acceptors (Lipinski definition) is 7. The second kappa shape index (κ2) is 7.50. The number of carbonyl (C=O) groups excluding carboxylic acids is 4. The van der Waals surface area contributed by atoms with Gasteiger partial charge in [-0.05, 0) is 65.4 Å². The zero-order valence-corrected chi connectivity index (χ0v) is 19.4. The molecule has 2 N–H and O–H groups in total. The van der Waals surface area contributed by atoms with Crippen LogP contribution in [0, 0.1) is 17.8 Å². The largest absolute Gasteiger partial charge is 0.503 e. The van der Waals surface area contributed by atoms with Gasteiger partial charge in [0.25, 0.3) is 11.8 Å². The van der Waals surface area contributed by atoms with Crippen LogP contribution >= 0.6 is 15.9 Å². The highest BCUT2D eigenvalue weighted by molar-refractivity contribution is 9.10. The Hall–Kier alpha value is -3.04. The normalized spacial score (nSPS) is 28.9. The summed E-state index contributed by atoms with van der Waals surface area (Å²) in [6.07, 6.45) is 3.55. The van der Waals surface area contributed by atoms with Crippen LogP contribution in [0.25, 0.3) is 0 Å². The lowest BCUT2D eigenvalue weighted by Gasteiger charge is -2.42. The summed E-state index contributed by atoms with van der Waals surface area (Å²) >= 11 is 3.32. The van der Waals surface area contributed by atoms with Gasteiger partial charge in [0.05, 0.1) is 23.4 Å². The molecule has 3 aliphatic carbocycles. The molecule has 0 aromatic heterocycles. The first-order valence-corrected chi connectivity index (χ1v) is 11.3. The molecule has 0 spiro atoms. The summed E-state index contributed by atoms with van der Waals surface area (Å²) in [5, 5.41) is 20.5. The number of phenolic OH excluding ortho intramolecular Hbond substituents is 1. The molecular formula is C24H20BrNO7. The number of hydrogen-bond donors (Lipinski definition) is 2. The van der Waals surface area contributed by atoms with Crippen LogP contribution in [0.2, 0.25) is 0 Å². The monoisotopic (exact) mass is 513 g/mol. The van der Waals surface area contributed by atoms with Gasteiger partial charge in [0.15, 0.2) is 23.1 Å². The second-order valence-corrected chi connectivity index (χ2v) is 9.62. The molecule has 4 atom stereocenters. The molecule has 1 aromatic carbocycles. The third kappa shape index (κ3) is 2.99. The van der Waals surface area contributed by atoms with E-state index >= 15 is 0 Å². The minimum atomic E-state index is -0.810. The third-order valence-corrected chi connectivity index (χ3v) is 7.75. The molecule has 5 rings (SSSR count). The number of imide groups is 1. The number of Topliss-reactive ketones (excluding diaryl/α,β-unsaturated/α-hetero) is 1. The number of aromatic hydroxyl groups is 1. The topological polar surface area (TPSA) is 121 Å². The van der Waals surface area contributed by atoms with E-state index in [2.05, 4.69) is 15.9 Å². The Balaban J connectivity index is 1.74. The number of phenols is 1. The molecule has 170 valence electrons. The van der Waals surface area contributed by atoms with Crippen molar-refractivity contribution in [3.63, 3.8) is 0 Å². The van der Waals surface area contributed by atoms with E-state index in [-0.39, 0.29) is 41.0 Å². The van der Waals surface area contributed by atoms with Gasteiger partial charge in [-0.25, -0.2) is 0 Å². The number of allylic oxidation sites excluding steroid dienone is 6. The molecule has 1 aromatic rings. The lowest BCUT2D eigenvalue weighted by atomic mass is 9.59. The number of rotatable bonds is 2. The van der Waals surface area contributed by atoms with E-state index in [1.54, 1.807) is 19.1 Å². The Morgan fingerprint density at radius 3 is 2.55 bits per heavy atom. The average molecular weight is 514 g/mol. The molecule has 2 amide bonds. The van der Waals surface area contributed by atoms with Gasteiger partial charge < -0.3 is 9.84 Å². The number of ketones is 2. The van der Waals surface area contributed by atoms with Crippen LogP contribution in [0.15, 0.2) is 51.0 Å². The van der Waals surface area contributed by atoms with E-state index in [0.29, 0.717) is 26.8 Å². The van der Waals surface area contributed by atoms with Crippen molar-refractivity contribution in [2.75, 3.05) is 7.11 Å². The second-order valence-electron chi connectivity index (χ2n) is 8.77. The van der Waals surface area contributed by atoms with Gasteiger partial charge in [-0.15, -0.1) is 0 Å². The summed E-state index contributed by atoms with van der Waals surface area (Å²) in [4.78, 5) is 51.5. The Morgan fingerprint density at radius 1 is 1.12 bits per heavy atom. The van der Waals surface area contributed by atoms with Gasteiger partial charge in [0.1, 0.15) is 0 Å². The number of amides is 2. The number of hydroxylamine groups is 2. The number of nitrogens with zero attached hydrogens (tertiary/aromatic N) is 1. The molecule has 0 unspecified atom stereocenters. The van der Waals surface area contributed by atoms with Crippen molar-refractivity contribution < 1.29 is 34.2 Å². The van der Waals surface area contributed by atoms with Crippen molar-refractivity contribution >= 4 is 39.3 Å². The standard InChI is InChI=1S/C24H20BrNO7/c1-9-5-16(27)20-14(21(9)28)8-13-11(3-4-12-19(13)24(31)26(32)23(12)30)18(20)10-6-15(25)22(29)17(7-10)33-2/h3,5-7,12-13,18-19,29,32H,4,8H2,1-2H3/t12-,13+,18-,19-/m0/s1. The van der Waals surface area contributed by atoms with Gasteiger partial charge in [0.2, 0.25) is 0 Å². The zero-order chi connectivity index (χ0) is 23.8. The maximum absolute atomic E-state index is 13.2. The molecular weight excluding hydrogens is 494 g/mol. The number of methoxy groups -OCH3 is 1. The van der Waals surface area contributed by atoms with Crippen molar-refractivity contribution in [2.24, 2.45) is 17.8 Å². The molecule has 33 heavy (non-hydrogen) atoms. The molecule has 1 aliphatic heterocycles. The van der Waals surface area contributed by atoms with Crippen molar-refractivity contribution in [1.29, 1.82) is 0 Å². The van der Waals surface area contributed by atoms with E-state index in [1.807, 2.05) is 6.08 Å². The van der Waals surface area contributed by atoms with Crippen molar-refractivity contribution in [2.45, 2.75) is 25.7 Å². The molecule has 9 heteroatoms. The predicted molar refractivity (Wildman–Crippen MR) is 117 cm³/mol. The van der Waals surface area contributed by atoms with Gasteiger partial charge in [0, 0.05) is 22.6 Å². The molecule has 1 saturated heterocycles. The Labute approximate surface area is 197 Å². The van der Waals surface area contributed by atoms with Crippen molar-refractivity contribution in [1.82, 2.24) is 5.06 Å². The fraction of sp³-hybridized carbons (Fsp3) is 0.333. The fourth-order valence-electron chi connectivity index (χ4n) is 5.66. The number of carbonyl (C=O) groups is 4. The number of ether oxygens (including phenoxy) is 1. The van der Waals surface area contributed by atoms with Crippen LogP contribution in [-0.2, 0) is 19.2 Å². The van der Waals surface area contributed by atoms with E-state index in [1.165, 1.54) is 13.2 Å². The lowest BCUT2D eigenvalue weighted by molar-refractivity contribution is -0.173. The van der Waals surface area contributed by atoms with E-state index in [9.17, 15) is 29.5 Å². The molecule has 0 saturated carbocycles. The molecule has 0 bridgehead atoms. The summed E-state index contributed by atoms with van der Waals surface area (Å²) in [6.45, 7) is 1.58. The first-order valence-electron chi connectivity index (χ1n) is 10.5. The maximum Gasteiger partial charge on any atom is 0.257 e. The van der Waals surface area contributed by atoms with Gasteiger partial charge in [-0.3, -0.25) is 24.4 Å². The van der Waals surface area contributed by atoms with Crippen LogP contribution in [0.5, 0.6) is 11.5 Å². The first kappa shape index (κ1) is 21.8. The van der Waals surface area contributed by atoms with E-state index in [0.717, 1.165) is 5.57 Å². The smallest absolute Gasteiger partial charge is 0.257 e. The van der Waals surface area contributed by atoms with Crippen molar-refractivity contribution in [3.8, 4) is 11.5 Å². The molecule has 0 radical (unpaired) electrons. The van der Waals surface area contributed by atoms with Crippen LogP contribution in [0.4, 0.5) is 0 Å². The number of benzene rings is 1. The lowest BCUT2D eigenvalue weighted by Crippen LogP contribution is -2.39. The SMILES string of the molecule is COc1cc([C@H]2C3=CC[C@@H]4C(=O)N(O)C(=O)[C@@H]4[C@@H]3CC3=C2C(=O)C=C(C)C3=O)cc(Br)c1O. The van der Waals surface area contributed by atoms with Crippen molar-refractivity contribution in [3.05, 3.63) is 56.6 Å². The van der Waals surface area contributed by atoms with E-state index in [4.69, 9.17) is 4.74 Å². The summed E-state index contributed by atoms with van der Waals surface area (Å²) in [5.74, 6) is -4.50. The molecule has 1 fully saturated rings. The predicted octanol–water partition coefficient (Wildman–Crippen LogP) is 2.98. The average Bonchev–Trinajstić information content (AvgIpc) is 3.02. The Morgan fingerprint density at radius 2 is 1.85 bits per heavy atom. The Bertz CT molecular complexity index is 1260. The summed E-state index contributed by atoms with van der Waals surface area (Å²) < 4.78 is 5.64. The van der Waals surface area contributed by atoms with E-state index < -0.39 is 35.5 Å². The summed E-state index contributed by atoms with van der Waals surface area (Å²) in [5.41, 5.74) is 2.33. The molecule has 8 nitrogen and oxygen atoms in total. The number of halogens is 1. The number of fused-ring (bicyclic) bond motifs is 3. The maximum atomic E-state index is 13.2. The van der Waals surface area contributed by atoms with Crippen LogP contribution in [0.3, 0.4) is 0 Å². The van der Waals surface area contributed by atoms with Crippen LogP contribution < -0.4 is 4.74 Å². The highest BCUT2D eigenvalue weighted by Crippen LogP contribution is 2.55. The third-order valence-electron chi connectivity index (χ3n) is 7.14. The minimum Gasteiger partial charge on any atom is -0.503 e. The van der Waals surface area contributed by atoms with Gasteiger partial charge >= 0.3 is 0 Å². The highest BCUT2D eigenvalue weighted by atomic mass is 79.9. The quantitative estimate of drug-likeness (QED) is 0.270. The fourth-order valence-corrected chi connectivity index (χ4v) is 6.12. The first-order chi connectivity index (χ1) is 15.6. The van der Waals surface area contributed by atoms with Gasteiger partial charge in [-0.2, -0.15) is 5.06 Å². The van der Waals surface area contributed by atoms with Gasteiger partial charge in [-0.1, -0.05) is 11.6 Å². The highest BCUT2D eigenvalue weighted by Gasteiger charge is 2.56. The van der Waals surface area contributed by atoms with Crippen LogP contribution in [-0.4, -0.2) is 45.9 Å². The summed E-state index contributed by atoms with van der Waals surface area (Å²) in [7, 11) is 1.41. The molecule has 1 heterocycles.